The molecule has 3 heteroatoms. The minimum Gasteiger partial charge on any atom is -0.400 e. The molecular formula is C9H22O3. The van der Waals surface area contributed by atoms with Gasteiger partial charge in [0.15, 0.2) is 0 Å². The molecule has 0 aromatic heterocycles. The largest absolute Gasteiger partial charge is 0.400 e. The van der Waals surface area contributed by atoms with Crippen molar-refractivity contribution in [2.45, 2.75) is 45.3 Å². The molecule has 1 aliphatic carbocycles. The number of aliphatic hydroxyl groups is 2. The Morgan fingerprint density at radius 2 is 1.67 bits per heavy atom. The minimum absolute atomic E-state index is 0. The number of rotatable bonds is 1. The lowest BCUT2D eigenvalue weighted by Crippen LogP contribution is -2.30. The maximum atomic E-state index is 9.24. The number of hydrogen-bond donors (Lipinski definition) is 2. The highest BCUT2D eigenvalue weighted by molar-refractivity contribution is 4.73. The van der Waals surface area contributed by atoms with E-state index in [4.69, 9.17) is 9.84 Å². The molecular weight excluding hydrogens is 156 g/mol. The fraction of sp³-hybridized carbons (Fsp3) is 1.00. The van der Waals surface area contributed by atoms with E-state index in [1.54, 1.807) is 7.11 Å². The van der Waals surface area contributed by atoms with Gasteiger partial charge < -0.3 is 14.9 Å². The van der Waals surface area contributed by atoms with Crippen LogP contribution in [0.15, 0.2) is 0 Å². The maximum absolute atomic E-state index is 9.24. The second kappa shape index (κ2) is 8.97. The molecule has 0 amide bonds. The van der Waals surface area contributed by atoms with Crippen LogP contribution in [0.25, 0.3) is 0 Å². The molecule has 0 aliphatic heterocycles. The first kappa shape index (κ1) is 14.4. The Morgan fingerprint density at radius 3 is 2.00 bits per heavy atom. The Balaban J connectivity index is 0. The van der Waals surface area contributed by atoms with E-state index in [2.05, 4.69) is 0 Å². The standard InChI is InChI=1S/C7H14O2.CH4O.CH4/c1-9-7-5-3-2-4-6(7)8;1-2;/h6-8H,2-5H2,1H3;2H,1H3;1H4/t6-,7-;;/m0../s1. The van der Waals surface area contributed by atoms with E-state index in [9.17, 15) is 5.11 Å². The summed E-state index contributed by atoms with van der Waals surface area (Å²) in [6.45, 7) is 0. The zero-order chi connectivity index (χ0) is 8.69. The monoisotopic (exact) mass is 178 g/mol. The van der Waals surface area contributed by atoms with Crippen LogP contribution in [-0.4, -0.2) is 36.6 Å². The molecule has 0 unspecified atom stereocenters. The predicted octanol–water partition coefficient (Wildman–Crippen LogP) is 1.18. The Bertz CT molecular complexity index is 85.8. The van der Waals surface area contributed by atoms with Gasteiger partial charge in [-0.2, -0.15) is 0 Å². The summed E-state index contributed by atoms with van der Waals surface area (Å²) in [7, 11) is 2.67. The first-order chi connectivity index (χ1) is 5.34. The van der Waals surface area contributed by atoms with Crippen molar-refractivity contribution in [3.05, 3.63) is 0 Å². The summed E-state index contributed by atoms with van der Waals surface area (Å²) in [6.07, 6.45) is 4.20. The normalized spacial score (nSPS) is 28.0. The minimum atomic E-state index is -0.205. The van der Waals surface area contributed by atoms with Crippen molar-refractivity contribution in [3.63, 3.8) is 0 Å². The smallest absolute Gasteiger partial charge is 0.0830 e. The molecule has 0 aromatic carbocycles. The summed E-state index contributed by atoms with van der Waals surface area (Å²) in [5.74, 6) is 0. The van der Waals surface area contributed by atoms with Gasteiger partial charge in [0, 0.05) is 14.2 Å². The summed E-state index contributed by atoms with van der Waals surface area (Å²) >= 11 is 0. The lowest BCUT2D eigenvalue weighted by molar-refractivity contribution is -0.0359. The highest BCUT2D eigenvalue weighted by Gasteiger charge is 2.21. The van der Waals surface area contributed by atoms with Gasteiger partial charge in [0.25, 0.3) is 0 Å². The van der Waals surface area contributed by atoms with Crippen molar-refractivity contribution in [3.8, 4) is 0 Å². The number of hydrogen-bond acceptors (Lipinski definition) is 3. The van der Waals surface area contributed by atoms with Gasteiger partial charge in [0.05, 0.1) is 12.2 Å². The molecule has 76 valence electrons. The van der Waals surface area contributed by atoms with Crippen LogP contribution in [0.4, 0.5) is 0 Å². The summed E-state index contributed by atoms with van der Waals surface area (Å²) < 4.78 is 5.05. The third kappa shape index (κ3) is 4.70. The molecule has 0 bridgehead atoms. The Kier molecular flexibility index (Phi) is 10.8. The highest BCUT2D eigenvalue weighted by Crippen LogP contribution is 2.19. The number of ether oxygens (including phenoxy) is 1. The van der Waals surface area contributed by atoms with Crippen LogP contribution in [-0.2, 0) is 4.74 Å². The third-order valence-corrected chi connectivity index (χ3v) is 1.97. The maximum Gasteiger partial charge on any atom is 0.0830 e. The summed E-state index contributed by atoms with van der Waals surface area (Å²) in [4.78, 5) is 0. The first-order valence-electron chi connectivity index (χ1n) is 4.00. The lowest BCUT2D eigenvalue weighted by Gasteiger charge is -2.25. The molecule has 0 aromatic rings. The van der Waals surface area contributed by atoms with E-state index >= 15 is 0 Å². The second-order valence-corrected chi connectivity index (χ2v) is 2.63. The van der Waals surface area contributed by atoms with E-state index in [1.807, 2.05) is 0 Å². The molecule has 0 heterocycles. The van der Waals surface area contributed by atoms with Gasteiger partial charge in [0.1, 0.15) is 0 Å². The van der Waals surface area contributed by atoms with Crippen molar-refractivity contribution in [2.24, 2.45) is 0 Å². The second-order valence-electron chi connectivity index (χ2n) is 2.63. The van der Waals surface area contributed by atoms with Gasteiger partial charge in [0.2, 0.25) is 0 Å². The Labute approximate surface area is 75.4 Å². The van der Waals surface area contributed by atoms with Crippen LogP contribution in [0.1, 0.15) is 33.1 Å². The van der Waals surface area contributed by atoms with Gasteiger partial charge in [-0.1, -0.05) is 20.3 Å². The van der Waals surface area contributed by atoms with E-state index in [-0.39, 0.29) is 19.6 Å². The lowest BCUT2D eigenvalue weighted by atomic mass is 9.95. The molecule has 12 heavy (non-hydrogen) atoms. The predicted molar refractivity (Wildman–Crippen MR) is 50.1 cm³/mol. The first-order valence-corrected chi connectivity index (χ1v) is 4.00. The molecule has 1 saturated carbocycles. The van der Waals surface area contributed by atoms with Crippen LogP contribution in [0.3, 0.4) is 0 Å². The van der Waals surface area contributed by atoms with Gasteiger partial charge >= 0.3 is 0 Å². The van der Waals surface area contributed by atoms with Gasteiger partial charge in [-0.15, -0.1) is 0 Å². The summed E-state index contributed by atoms with van der Waals surface area (Å²) in [6, 6.07) is 0. The number of aliphatic hydroxyl groups excluding tert-OH is 2. The van der Waals surface area contributed by atoms with Crippen molar-refractivity contribution < 1.29 is 14.9 Å². The van der Waals surface area contributed by atoms with Crippen molar-refractivity contribution in [2.75, 3.05) is 14.2 Å². The van der Waals surface area contributed by atoms with Crippen LogP contribution in [0.2, 0.25) is 0 Å². The van der Waals surface area contributed by atoms with Gasteiger partial charge in [-0.3, -0.25) is 0 Å². The van der Waals surface area contributed by atoms with Gasteiger partial charge in [-0.25, -0.2) is 0 Å². The van der Waals surface area contributed by atoms with Crippen molar-refractivity contribution in [1.29, 1.82) is 0 Å². The zero-order valence-corrected chi connectivity index (χ0v) is 7.29. The highest BCUT2D eigenvalue weighted by atomic mass is 16.5. The Morgan fingerprint density at radius 1 is 1.17 bits per heavy atom. The number of methoxy groups -OCH3 is 1. The molecule has 1 fully saturated rings. The molecule has 1 aliphatic rings. The van der Waals surface area contributed by atoms with Crippen molar-refractivity contribution in [1.82, 2.24) is 0 Å². The SMILES string of the molecule is C.CO.CO[C@H]1CCCC[C@@H]1O. The molecule has 0 saturated heterocycles. The summed E-state index contributed by atoms with van der Waals surface area (Å²) in [5, 5.41) is 16.2. The fourth-order valence-electron chi connectivity index (χ4n) is 1.35. The van der Waals surface area contributed by atoms with Crippen LogP contribution in [0, 0.1) is 0 Å². The van der Waals surface area contributed by atoms with Crippen molar-refractivity contribution >= 4 is 0 Å². The summed E-state index contributed by atoms with van der Waals surface area (Å²) in [5.41, 5.74) is 0. The van der Waals surface area contributed by atoms with E-state index in [1.165, 1.54) is 6.42 Å². The average Bonchev–Trinajstić information content (AvgIpc) is 2.09. The zero-order valence-electron chi connectivity index (χ0n) is 7.29. The molecule has 1 rings (SSSR count). The van der Waals surface area contributed by atoms with E-state index < -0.39 is 0 Å². The van der Waals surface area contributed by atoms with Crippen LogP contribution < -0.4 is 0 Å². The van der Waals surface area contributed by atoms with E-state index in [0.29, 0.717) is 0 Å². The fourth-order valence-corrected chi connectivity index (χ4v) is 1.35. The molecule has 0 spiro atoms. The third-order valence-electron chi connectivity index (χ3n) is 1.97. The van der Waals surface area contributed by atoms with Gasteiger partial charge in [-0.05, 0) is 12.8 Å². The molecule has 3 nitrogen and oxygen atoms in total. The van der Waals surface area contributed by atoms with E-state index in [0.717, 1.165) is 26.4 Å². The quantitative estimate of drug-likeness (QED) is 0.634. The molecule has 0 radical (unpaired) electrons. The molecule has 2 N–H and O–H groups in total. The Hall–Kier alpha value is -0.120. The topological polar surface area (TPSA) is 49.7 Å². The molecule has 2 atom stereocenters. The van der Waals surface area contributed by atoms with Crippen LogP contribution >= 0.6 is 0 Å². The average molecular weight is 178 g/mol. The van der Waals surface area contributed by atoms with Crippen LogP contribution in [0.5, 0.6) is 0 Å².